The lowest BCUT2D eigenvalue weighted by Crippen LogP contribution is -2.35. The molecule has 1 aromatic heterocycles. The number of amides is 1. The number of hydrogen-bond donors (Lipinski definition) is 0. The molecule has 1 amide bonds. The van der Waals surface area contributed by atoms with Gasteiger partial charge in [0.25, 0.3) is 5.88 Å². The summed E-state index contributed by atoms with van der Waals surface area (Å²) in [7, 11) is 0. The van der Waals surface area contributed by atoms with Gasteiger partial charge >= 0.3 is 0 Å². The normalized spacial score (nSPS) is 11.6. The molecular weight excluding hydrogens is 320 g/mol. The Labute approximate surface area is 148 Å². The summed E-state index contributed by atoms with van der Waals surface area (Å²) in [5.74, 6) is 1.35. The molecule has 2 rings (SSSR count). The second-order valence-electron chi connectivity index (χ2n) is 7.05. The Kier molecular flexibility index (Phi) is 6.20. The number of benzene rings is 1. The van der Waals surface area contributed by atoms with Gasteiger partial charge in [0.15, 0.2) is 5.76 Å². The predicted octanol–water partition coefficient (Wildman–Crippen LogP) is 4.03. The lowest BCUT2D eigenvalue weighted by atomic mass is 10.00. The van der Waals surface area contributed by atoms with Crippen LogP contribution < -0.4 is 4.74 Å². The standard InChI is InChI=1S/C19H26N2O4/c1-14(2)16-17(15-9-7-6-8-10-15)24-20-18(16)23-12-11-21(13-22)25-19(3,4)5/h6-10,13-14H,11-12H2,1-5H3. The number of rotatable bonds is 8. The molecule has 0 aliphatic rings. The fourth-order valence-corrected chi connectivity index (χ4v) is 2.40. The van der Waals surface area contributed by atoms with Gasteiger partial charge in [-0.3, -0.25) is 9.63 Å². The topological polar surface area (TPSA) is 64.8 Å². The van der Waals surface area contributed by atoms with Gasteiger partial charge < -0.3 is 9.26 Å². The van der Waals surface area contributed by atoms with Crippen LogP contribution in [-0.4, -0.2) is 35.4 Å². The van der Waals surface area contributed by atoms with Gasteiger partial charge in [-0.1, -0.05) is 44.2 Å². The first-order chi connectivity index (χ1) is 11.8. The zero-order chi connectivity index (χ0) is 18.4. The molecule has 2 aromatic rings. The van der Waals surface area contributed by atoms with Gasteiger partial charge in [0.05, 0.1) is 17.7 Å². The number of aromatic nitrogens is 1. The van der Waals surface area contributed by atoms with Crippen LogP contribution >= 0.6 is 0 Å². The summed E-state index contributed by atoms with van der Waals surface area (Å²) < 4.78 is 11.3. The van der Waals surface area contributed by atoms with E-state index in [-0.39, 0.29) is 12.5 Å². The molecule has 0 bridgehead atoms. The molecule has 0 fully saturated rings. The summed E-state index contributed by atoms with van der Waals surface area (Å²) in [4.78, 5) is 16.6. The summed E-state index contributed by atoms with van der Waals surface area (Å²) in [6.07, 6.45) is 0.649. The van der Waals surface area contributed by atoms with Crippen molar-refractivity contribution in [3.8, 4) is 17.2 Å². The second kappa shape index (κ2) is 8.16. The minimum atomic E-state index is -0.446. The average Bonchev–Trinajstić information content (AvgIpc) is 2.97. The van der Waals surface area contributed by atoms with Gasteiger partial charge in [-0.25, -0.2) is 5.06 Å². The Morgan fingerprint density at radius 3 is 2.48 bits per heavy atom. The number of hydrogen-bond acceptors (Lipinski definition) is 5. The molecule has 1 heterocycles. The number of hydroxylamine groups is 2. The number of nitrogens with zero attached hydrogens (tertiary/aromatic N) is 2. The van der Waals surface area contributed by atoms with E-state index in [2.05, 4.69) is 19.0 Å². The van der Waals surface area contributed by atoms with Crippen LogP contribution in [0, 0.1) is 0 Å². The van der Waals surface area contributed by atoms with Crippen LogP contribution in [-0.2, 0) is 9.63 Å². The first-order valence-corrected chi connectivity index (χ1v) is 8.40. The molecule has 136 valence electrons. The van der Waals surface area contributed by atoms with Crippen LogP contribution in [0.25, 0.3) is 11.3 Å². The first-order valence-electron chi connectivity index (χ1n) is 8.40. The van der Waals surface area contributed by atoms with E-state index in [1.165, 1.54) is 5.06 Å². The van der Waals surface area contributed by atoms with Crippen molar-refractivity contribution in [2.75, 3.05) is 13.2 Å². The largest absolute Gasteiger partial charge is 0.473 e. The Bertz CT molecular complexity index is 674. The molecule has 6 nitrogen and oxygen atoms in total. The number of carbonyl (C=O) groups is 1. The molecule has 0 radical (unpaired) electrons. The van der Waals surface area contributed by atoms with Crippen molar-refractivity contribution in [3.05, 3.63) is 35.9 Å². The second-order valence-corrected chi connectivity index (χ2v) is 7.05. The smallest absolute Gasteiger partial charge is 0.258 e. The van der Waals surface area contributed by atoms with Gasteiger partial charge in [0.2, 0.25) is 6.41 Å². The molecule has 0 atom stereocenters. The lowest BCUT2D eigenvalue weighted by molar-refractivity contribution is -0.217. The highest BCUT2D eigenvalue weighted by Crippen LogP contribution is 2.36. The van der Waals surface area contributed by atoms with Crippen molar-refractivity contribution in [1.29, 1.82) is 0 Å². The molecule has 25 heavy (non-hydrogen) atoms. The summed E-state index contributed by atoms with van der Waals surface area (Å²) in [5, 5.41) is 5.30. The zero-order valence-corrected chi connectivity index (χ0v) is 15.5. The summed E-state index contributed by atoms with van der Waals surface area (Å²) >= 11 is 0. The minimum Gasteiger partial charge on any atom is -0.473 e. The first kappa shape index (κ1) is 19.0. The van der Waals surface area contributed by atoms with Gasteiger partial charge in [-0.05, 0) is 31.8 Å². The molecule has 0 spiro atoms. The Hall–Kier alpha value is -2.34. The third kappa shape index (κ3) is 5.32. The fourth-order valence-electron chi connectivity index (χ4n) is 2.40. The van der Waals surface area contributed by atoms with Gasteiger partial charge in [-0.15, -0.1) is 0 Å². The van der Waals surface area contributed by atoms with Crippen molar-refractivity contribution < 1.29 is 18.9 Å². The molecule has 0 saturated carbocycles. The Morgan fingerprint density at radius 2 is 1.92 bits per heavy atom. The van der Waals surface area contributed by atoms with E-state index in [4.69, 9.17) is 14.1 Å². The van der Waals surface area contributed by atoms with E-state index in [1.54, 1.807) is 0 Å². The van der Waals surface area contributed by atoms with Crippen LogP contribution in [0.2, 0.25) is 0 Å². The molecule has 0 aliphatic heterocycles. The van der Waals surface area contributed by atoms with E-state index in [0.29, 0.717) is 24.6 Å². The minimum absolute atomic E-state index is 0.185. The highest BCUT2D eigenvalue weighted by atomic mass is 16.7. The van der Waals surface area contributed by atoms with Crippen LogP contribution in [0.3, 0.4) is 0 Å². The summed E-state index contributed by atoms with van der Waals surface area (Å²) in [6.45, 7) is 10.3. The van der Waals surface area contributed by atoms with Gasteiger partial charge in [-0.2, -0.15) is 0 Å². The van der Waals surface area contributed by atoms with Crippen molar-refractivity contribution in [3.63, 3.8) is 0 Å². The maximum absolute atomic E-state index is 11.1. The van der Waals surface area contributed by atoms with E-state index in [0.717, 1.165) is 11.1 Å². The van der Waals surface area contributed by atoms with Crippen molar-refractivity contribution in [2.24, 2.45) is 0 Å². The van der Waals surface area contributed by atoms with E-state index < -0.39 is 5.60 Å². The third-order valence-electron chi connectivity index (χ3n) is 3.37. The maximum atomic E-state index is 11.1. The number of ether oxygens (including phenoxy) is 1. The molecular formula is C19H26N2O4. The van der Waals surface area contributed by atoms with Gasteiger partial charge in [0.1, 0.15) is 6.61 Å². The van der Waals surface area contributed by atoms with Crippen LogP contribution in [0.4, 0.5) is 0 Å². The summed E-state index contributed by atoms with van der Waals surface area (Å²) in [5.41, 5.74) is 1.43. The lowest BCUT2D eigenvalue weighted by Gasteiger charge is -2.26. The quantitative estimate of drug-likeness (QED) is 0.533. The fraction of sp³-hybridized carbons (Fsp3) is 0.474. The molecule has 0 aliphatic carbocycles. The average molecular weight is 346 g/mol. The maximum Gasteiger partial charge on any atom is 0.258 e. The molecule has 0 unspecified atom stereocenters. The van der Waals surface area contributed by atoms with Crippen molar-refractivity contribution in [1.82, 2.24) is 10.2 Å². The SMILES string of the molecule is CC(C)c1c(OCCN(C=O)OC(C)(C)C)noc1-c1ccccc1. The summed E-state index contributed by atoms with van der Waals surface area (Å²) in [6, 6.07) is 9.81. The van der Waals surface area contributed by atoms with Gasteiger partial charge in [0, 0.05) is 5.56 Å². The van der Waals surface area contributed by atoms with E-state index >= 15 is 0 Å². The molecule has 0 N–H and O–H groups in total. The van der Waals surface area contributed by atoms with Crippen molar-refractivity contribution >= 4 is 6.41 Å². The number of carbonyl (C=O) groups excluding carboxylic acids is 1. The highest BCUT2D eigenvalue weighted by Gasteiger charge is 2.22. The van der Waals surface area contributed by atoms with Crippen LogP contribution in [0.5, 0.6) is 5.88 Å². The van der Waals surface area contributed by atoms with E-state index in [9.17, 15) is 4.79 Å². The van der Waals surface area contributed by atoms with Crippen LogP contribution in [0.1, 0.15) is 46.1 Å². The van der Waals surface area contributed by atoms with Crippen molar-refractivity contribution in [2.45, 2.75) is 46.1 Å². The van der Waals surface area contributed by atoms with Crippen LogP contribution in [0.15, 0.2) is 34.9 Å². The third-order valence-corrected chi connectivity index (χ3v) is 3.37. The Balaban J connectivity index is 2.08. The Morgan fingerprint density at radius 1 is 1.24 bits per heavy atom. The monoisotopic (exact) mass is 346 g/mol. The highest BCUT2D eigenvalue weighted by molar-refractivity contribution is 5.63. The molecule has 6 heteroatoms. The zero-order valence-electron chi connectivity index (χ0n) is 15.5. The van der Waals surface area contributed by atoms with E-state index in [1.807, 2.05) is 51.1 Å². The predicted molar refractivity (Wildman–Crippen MR) is 95.1 cm³/mol. The molecule has 1 aromatic carbocycles. The molecule has 0 saturated heterocycles.